The van der Waals surface area contributed by atoms with E-state index in [9.17, 15) is 10.3 Å². The van der Waals surface area contributed by atoms with Crippen LogP contribution in [0.5, 0.6) is 11.5 Å². The SMILES string of the molecule is COc1cc2cc[n+]([O-])c(CO)c2cc1OC. The lowest BCUT2D eigenvalue weighted by atomic mass is 10.1. The molecule has 0 bridgehead atoms. The predicted octanol–water partition coefficient (Wildman–Crippen LogP) is 0.983. The molecule has 0 spiro atoms. The minimum atomic E-state index is -0.323. The van der Waals surface area contributed by atoms with E-state index in [1.165, 1.54) is 13.3 Å². The second-order valence-electron chi connectivity index (χ2n) is 3.54. The number of fused-ring (bicyclic) bond motifs is 1. The number of hydrogen-bond acceptors (Lipinski definition) is 4. The Morgan fingerprint density at radius 1 is 1.24 bits per heavy atom. The third-order valence-electron chi connectivity index (χ3n) is 2.67. The lowest BCUT2D eigenvalue weighted by Gasteiger charge is -2.11. The highest BCUT2D eigenvalue weighted by Crippen LogP contribution is 2.32. The quantitative estimate of drug-likeness (QED) is 0.636. The number of pyridine rings is 1. The summed E-state index contributed by atoms with van der Waals surface area (Å²) >= 11 is 0. The van der Waals surface area contributed by atoms with Crippen LogP contribution in [0.25, 0.3) is 10.8 Å². The van der Waals surface area contributed by atoms with Gasteiger partial charge >= 0.3 is 0 Å². The number of benzene rings is 1. The summed E-state index contributed by atoms with van der Waals surface area (Å²) in [6.07, 6.45) is 1.36. The van der Waals surface area contributed by atoms with Gasteiger partial charge in [-0.05, 0) is 17.5 Å². The molecule has 0 radical (unpaired) electrons. The van der Waals surface area contributed by atoms with E-state index >= 15 is 0 Å². The normalized spacial score (nSPS) is 10.5. The Morgan fingerprint density at radius 2 is 1.88 bits per heavy atom. The molecule has 1 N–H and O–H groups in total. The molecule has 1 aromatic heterocycles. The maximum atomic E-state index is 11.5. The molecule has 17 heavy (non-hydrogen) atoms. The Kier molecular flexibility index (Phi) is 3.01. The molecule has 2 aromatic rings. The van der Waals surface area contributed by atoms with Crippen molar-refractivity contribution >= 4 is 10.8 Å². The number of aliphatic hydroxyl groups excluding tert-OH is 1. The van der Waals surface area contributed by atoms with E-state index in [0.717, 1.165) is 5.39 Å². The summed E-state index contributed by atoms with van der Waals surface area (Å²) in [6.45, 7) is -0.323. The van der Waals surface area contributed by atoms with Crippen molar-refractivity contribution < 1.29 is 19.3 Å². The van der Waals surface area contributed by atoms with Crippen LogP contribution in [0.15, 0.2) is 24.4 Å². The Labute approximate surface area is 98.4 Å². The van der Waals surface area contributed by atoms with Crippen LogP contribution in [0.1, 0.15) is 5.69 Å². The van der Waals surface area contributed by atoms with Crippen molar-refractivity contribution in [3.05, 3.63) is 35.3 Å². The zero-order valence-corrected chi connectivity index (χ0v) is 9.64. The standard InChI is InChI=1S/C12H13NO4/c1-16-11-5-8-3-4-13(15)10(7-14)9(8)6-12(11)17-2/h3-6,14H,7H2,1-2H3. The van der Waals surface area contributed by atoms with Gasteiger partial charge in [-0.3, -0.25) is 0 Å². The summed E-state index contributed by atoms with van der Waals surface area (Å²) < 4.78 is 11.0. The van der Waals surface area contributed by atoms with E-state index in [1.54, 1.807) is 25.3 Å². The number of ether oxygens (including phenoxy) is 2. The van der Waals surface area contributed by atoms with Gasteiger partial charge in [0.1, 0.15) is 6.61 Å². The molecule has 0 amide bonds. The van der Waals surface area contributed by atoms with Crippen molar-refractivity contribution in [2.24, 2.45) is 0 Å². The van der Waals surface area contributed by atoms with Gasteiger partial charge in [-0.1, -0.05) is 0 Å². The molecule has 0 saturated heterocycles. The van der Waals surface area contributed by atoms with Crippen molar-refractivity contribution in [2.75, 3.05) is 14.2 Å². The molecule has 1 heterocycles. The minimum Gasteiger partial charge on any atom is -0.618 e. The molecule has 0 aliphatic carbocycles. The van der Waals surface area contributed by atoms with Gasteiger partial charge in [-0.25, -0.2) is 0 Å². The molecule has 90 valence electrons. The van der Waals surface area contributed by atoms with Crippen molar-refractivity contribution in [2.45, 2.75) is 6.61 Å². The van der Waals surface area contributed by atoms with E-state index in [0.29, 0.717) is 27.3 Å². The van der Waals surface area contributed by atoms with Gasteiger partial charge in [0.15, 0.2) is 17.7 Å². The molecule has 5 heteroatoms. The first-order valence-corrected chi connectivity index (χ1v) is 5.09. The van der Waals surface area contributed by atoms with E-state index in [2.05, 4.69) is 0 Å². The topological polar surface area (TPSA) is 65.6 Å². The van der Waals surface area contributed by atoms with Crippen LogP contribution in [0.2, 0.25) is 0 Å². The Bertz CT molecular complexity index is 554. The maximum absolute atomic E-state index is 11.5. The highest BCUT2D eigenvalue weighted by atomic mass is 16.5. The molecule has 0 aliphatic rings. The lowest BCUT2D eigenvalue weighted by Crippen LogP contribution is -2.31. The molecule has 1 aromatic carbocycles. The first kappa shape index (κ1) is 11.5. The minimum absolute atomic E-state index is 0.295. The van der Waals surface area contributed by atoms with Crippen molar-refractivity contribution in [3.63, 3.8) is 0 Å². The number of hydrogen-bond donors (Lipinski definition) is 1. The van der Waals surface area contributed by atoms with Gasteiger partial charge in [-0.2, -0.15) is 4.73 Å². The Morgan fingerprint density at radius 3 is 2.47 bits per heavy atom. The summed E-state index contributed by atoms with van der Waals surface area (Å²) in [5, 5.41) is 22.2. The number of aliphatic hydroxyl groups is 1. The van der Waals surface area contributed by atoms with Crippen LogP contribution in [0, 0.1) is 5.21 Å². The lowest BCUT2D eigenvalue weighted by molar-refractivity contribution is -0.614. The largest absolute Gasteiger partial charge is 0.618 e. The number of methoxy groups -OCH3 is 2. The van der Waals surface area contributed by atoms with Gasteiger partial charge in [0.05, 0.1) is 19.6 Å². The summed E-state index contributed by atoms with van der Waals surface area (Å²) in [6, 6.07) is 5.13. The van der Waals surface area contributed by atoms with Gasteiger partial charge in [0.25, 0.3) is 0 Å². The molecule has 2 rings (SSSR count). The monoisotopic (exact) mass is 235 g/mol. The van der Waals surface area contributed by atoms with Crippen LogP contribution in [-0.4, -0.2) is 19.3 Å². The predicted molar refractivity (Wildman–Crippen MR) is 61.9 cm³/mol. The highest BCUT2D eigenvalue weighted by molar-refractivity contribution is 5.87. The smallest absolute Gasteiger partial charge is 0.226 e. The molecule has 0 atom stereocenters. The number of nitrogens with zero attached hydrogens (tertiary/aromatic N) is 1. The second kappa shape index (κ2) is 4.47. The first-order chi connectivity index (χ1) is 8.21. The molecule has 0 unspecified atom stereocenters. The van der Waals surface area contributed by atoms with Gasteiger partial charge < -0.3 is 19.8 Å². The number of rotatable bonds is 3. The third kappa shape index (κ3) is 1.85. The van der Waals surface area contributed by atoms with Crippen LogP contribution >= 0.6 is 0 Å². The second-order valence-corrected chi connectivity index (χ2v) is 3.54. The molecular formula is C12H13NO4. The summed E-state index contributed by atoms with van der Waals surface area (Å²) in [7, 11) is 3.07. The van der Waals surface area contributed by atoms with E-state index in [1.807, 2.05) is 0 Å². The molecule has 5 nitrogen and oxygen atoms in total. The van der Waals surface area contributed by atoms with Crippen LogP contribution in [-0.2, 0) is 6.61 Å². The Balaban J connectivity index is 2.78. The first-order valence-electron chi connectivity index (χ1n) is 5.09. The molecule has 0 saturated carbocycles. The van der Waals surface area contributed by atoms with Gasteiger partial charge in [0, 0.05) is 6.07 Å². The maximum Gasteiger partial charge on any atom is 0.226 e. The highest BCUT2D eigenvalue weighted by Gasteiger charge is 2.14. The summed E-state index contributed by atoms with van der Waals surface area (Å²) in [5.41, 5.74) is 0.295. The summed E-state index contributed by atoms with van der Waals surface area (Å²) in [4.78, 5) is 0. The van der Waals surface area contributed by atoms with Crippen LogP contribution in [0.4, 0.5) is 0 Å². The van der Waals surface area contributed by atoms with Crippen molar-refractivity contribution in [1.82, 2.24) is 0 Å². The van der Waals surface area contributed by atoms with Gasteiger partial charge in [-0.15, -0.1) is 0 Å². The fraction of sp³-hybridized carbons (Fsp3) is 0.250. The zero-order valence-electron chi connectivity index (χ0n) is 9.64. The Hall–Kier alpha value is -2.01. The van der Waals surface area contributed by atoms with E-state index in [-0.39, 0.29) is 6.61 Å². The van der Waals surface area contributed by atoms with Crippen molar-refractivity contribution in [3.8, 4) is 11.5 Å². The van der Waals surface area contributed by atoms with Crippen molar-refractivity contribution in [1.29, 1.82) is 0 Å². The molecule has 0 aliphatic heterocycles. The molecule has 0 fully saturated rings. The van der Waals surface area contributed by atoms with Gasteiger partial charge in [0.2, 0.25) is 5.69 Å². The fourth-order valence-corrected chi connectivity index (χ4v) is 1.79. The zero-order chi connectivity index (χ0) is 12.4. The molecular weight excluding hydrogens is 222 g/mol. The number of aromatic nitrogens is 1. The van der Waals surface area contributed by atoms with Crippen LogP contribution < -0.4 is 14.2 Å². The van der Waals surface area contributed by atoms with E-state index < -0.39 is 0 Å². The average Bonchev–Trinajstić information content (AvgIpc) is 2.37. The van der Waals surface area contributed by atoms with E-state index in [4.69, 9.17) is 9.47 Å². The van der Waals surface area contributed by atoms with Crippen LogP contribution in [0.3, 0.4) is 0 Å². The summed E-state index contributed by atoms with van der Waals surface area (Å²) in [5.74, 6) is 1.12. The average molecular weight is 235 g/mol. The fourth-order valence-electron chi connectivity index (χ4n) is 1.79. The third-order valence-corrected chi connectivity index (χ3v) is 2.67.